The molecule has 2 heterocycles. The third-order valence-electron chi connectivity index (χ3n) is 2.68. The number of anilines is 1. The summed E-state index contributed by atoms with van der Waals surface area (Å²) in [4.78, 5) is 23.0. The van der Waals surface area contributed by atoms with Gasteiger partial charge in [-0.15, -0.1) is 11.3 Å². The molecule has 2 aromatic heterocycles. The molecule has 0 saturated carbocycles. The fourth-order valence-corrected chi connectivity index (χ4v) is 2.47. The molecule has 1 amide bonds. The van der Waals surface area contributed by atoms with Gasteiger partial charge >= 0.3 is 0 Å². The number of hydrogen-bond acceptors (Lipinski definition) is 5. The molecule has 0 aromatic carbocycles. The van der Waals surface area contributed by atoms with Crippen LogP contribution in [0.2, 0.25) is 0 Å². The first-order valence-corrected chi connectivity index (χ1v) is 6.77. The Morgan fingerprint density at radius 3 is 2.84 bits per heavy atom. The molecule has 100 valence electrons. The number of aryl methyl sites for hydroxylation is 1. The van der Waals surface area contributed by atoms with Crippen LogP contribution in [0.3, 0.4) is 0 Å². The van der Waals surface area contributed by atoms with E-state index >= 15 is 0 Å². The number of carbonyl (C=O) groups excluding carboxylic acids is 1. The molecule has 0 saturated heterocycles. The van der Waals surface area contributed by atoms with Crippen molar-refractivity contribution in [2.24, 2.45) is 0 Å². The second-order valence-electron chi connectivity index (χ2n) is 4.33. The van der Waals surface area contributed by atoms with Gasteiger partial charge in [-0.3, -0.25) is 4.79 Å². The van der Waals surface area contributed by atoms with Gasteiger partial charge in [0.25, 0.3) is 5.91 Å². The van der Waals surface area contributed by atoms with E-state index in [2.05, 4.69) is 15.3 Å². The summed E-state index contributed by atoms with van der Waals surface area (Å²) in [6, 6.07) is 3.83. The first-order valence-electron chi connectivity index (χ1n) is 5.89. The van der Waals surface area contributed by atoms with Gasteiger partial charge in [0.1, 0.15) is 10.7 Å². The summed E-state index contributed by atoms with van der Waals surface area (Å²) in [5, 5.41) is 2.90. The lowest BCUT2D eigenvalue weighted by molar-refractivity contribution is 0.0954. The van der Waals surface area contributed by atoms with Crippen LogP contribution in [0.5, 0.6) is 0 Å². The summed E-state index contributed by atoms with van der Waals surface area (Å²) in [7, 11) is 3.86. The van der Waals surface area contributed by atoms with Gasteiger partial charge in [0.15, 0.2) is 0 Å². The van der Waals surface area contributed by atoms with Gasteiger partial charge in [-0.2, -0.15) is 0 Å². The Labute approximate surface area is 116 Å². The lowest BCUT2D eigenvalue weighted by Gasteiger charge is -2.15. The van der Waals surface area contributed by atoms with E-state index in [1.165, 1.54) is 11.3 Å². The first kappa shape index (κ1) is 13.5. The fraction of sp³-hybridized carbons (Fsp3) is 0.308. The molecule has 0 fully saturated rings. The average Bonchev–Trinajstić information content (AvgIpc) is 2.82. The zero-order valence-corrected chi connectivity index (χ0v) is 12.0. The van der Waals surface area contributed by atoms with Crippen LogP contribution in [0, 0.1) is 6.92 Å². The third-order valence-corrected chi connectivity index (χ3v) is 3.61. The Hall–Kier alpha value is -1.95. The lowest BCUT2D eigenvalue weighted by Crippen LogP contribution is -2.24. The minimum atomic E-state index is -0.0893. The highest BCUT2D eigenvalue weighted by molar-refractivity contribution is 7.11. The minimum Gasteiger partial charge on any atom is -0.362 e. The van der Waals surface area contributed by atoms with E-state index in [0.29, 0.717) is 11.4 Å². The molecule has 0 aliphatic carbocycles. The fourth-order valence-electron chi connectivity index (χ4n) is 1.75. The second-order valence-corrected chi connectivity index (χ2v) is 5.18. The van der Waals surface area contributed by atoms with E-state index in [1.54, 1.807) is 11.7 Å². The van der Waals surface area contributed by atoms with Gasteiger partial charge in [-0.1, -0.05) is 6.07 Å². The van der Waals surface area contributed by atoms with E-state index in [-0.39, 0.29) is 5.91 Å². The maximum absolute atomic E-state index is 12.0. The maximum atomic E-state index is 12.0. The Balaban J connectivity index is 2.07. The Morgan fingerprint density at radius 1 is 1.42 bits per heavy atom. The van der Waals surface area contributed by atoms with Gasteiger partial charge in [-0.05, 0) is 13.0 Å². The van der Waals surface area contributed by atoms with E-state index in [1.807, 2.05) is 38.1 Å². The highest BCUT2D eigenvalue weighted by Crippen LogP contribution is 2.15. The third kappa shape index (κ3) is 3.08. The van der Waals surface area contributed by atoms with Crippen LogP contribution in [-0.4, -0.2) is 30.0 Å². The number of nitrogens with one attached hydrogen (secondary N) is 1. The predicted octanol–water partition coefficient (Wildman–Crippen LogP) is 1.84. The Bertz CT molecular complexity index is 580. The molecule has 1 N–H and O–H groups in total. The van der Waals surface area contributed by atoms with Gasteiger partial charge in [0.05, 0.1) is 11.2 Å². The monoisotopic (exact) mass is 276 g/mol. The molecule has 19 heavy (non-hydrogen) atoms. The van der Waals surface area contributed by atoms with Crippen LogP contribution in [0.1, 0.15) is 20.9 Å². The van der Waals surface area contributed by atoms with E-state index in [9.17, 15) is 4.79 Å². The van der Waals surface area contributed by atoms with Crippen LogP contribution in [-0.2, 0) is 6.54 Å². The van der Waals surface area contributed by atoms with Crippen molar-refractivity contribution in [3.63, 3.8) is 0 Å². The molecule has 0 radical (unpaired) electrons. The van der Waals surface area contributed by atoms with Crippen molar-refractivity contribution in [3.05, 3.63) is 40.0 Å². The number of thiazole rings is 1. The van der Waals surface area contributed by atoms with E-state index < -0.39 is 0 Å². The van der Waals surface area contributed by atoms with Crippen molar-refractivity contribution in [2.75, 3.05) is 19.0 Å². The summed E-state index contributed by atoms with van der Waals surface area (Å²) in [6.07, 6.45) is 1.74. The van der Waals surface area contributed by atoms with Crippen molar-refractivity contribution in [3.8, 4) is 0 Å². The van der Waals surface area contributed by atoms with Crippen LogP contribution in [0.25, 0.3) is 0 Å². The smallest absolute Gasteiger partial charge is 0.263 e. The number of hydrogen-bond donors (Lipinski definition) is 1. The average molecular weight is 276 g/mol. The molecule has 0 bridgehead atoms. The zero-order chi connectivity index (χ0) is 13.8. The number of aromatic nitrogens is 2. The van der Waals surface area contributed by atoms with Crippen molar-refractivity contribution >= 4 is 23.1 Å². The maximum Gasteiger partial charge on any atom is 0.263 e. The van der Waals surface area contributed by atoms with Gasteiger partial charge in [0.2, 0.25) is 0 Å². The zero-order valence-electron chi connectivity index (χ0n) is 11.2. The molecule has 2 rings (SSSR count). The lowest BCUT2D eigenvalue weighted by atomic mass is 10.2. The number of amides is 1. The highest BCUT2D eigenvalue weighted by atomic mass is 32.1. The van der Waals surface area contributed by atoms with Crippen LogP contribution < -0.4 is 10.2 Å². The molecule has 5 nitrogen and oxygen atoms in total. The van der Waals surface area contributed by atoms with E-state index in [4.69, 9.17) is 0 Å². The summed E-state index contributed by atoms with van der Waals surface area (Å²) >= 11 is 1.35. The standard InChI is InChI=1S/C13H16N4OS/c1-9-11(19-8-16-9)13(18)15-7-10-5-4-6-14-12(10)17(2)3/h4-6,8H,7H2,1-3H3,(H,15,18). The number of nitrogens with zero attached hydrogens (tertiary/aromatic N) is 3. The van der Waals surface area contributed by atoms with Gasteiger partial charge in [-0.25, -0.2) is 9.97 Å². The molecule has 0 atom stereocenters. The normalized spacial score (nSPS) is 10.3. The summed E-state index contributed by atoms with van der Waals surface area (Å²) in [6.45, 7) is 2.29. The van der Waals surface area contributed by atoms with Crippen LogP contribution in [0.15, 0.2) is 23.8 Å². The van der Waals surface area contributed by atoms with Gasteiger partial charge < -0.3 is 10.2 Å². The van der Waals surface area contributed by atoms with Crippen molar-refractivity contribution < 1.29 is 4.79 Å². The number of pyridine rings is 1. The molecule has 0 aliphatic heterocycles. The van der Waals surface area contributed by atoms with Crippen molar-refractivity contribution in [1.29, 1.82) is 0 Å². The quantitative estimate of drug-likeness (QED) is 0.925. The largest absolute Gasteiger partial charge is 0.362 e. The van der Waals surface area contributed by atoms with Crippen LogP contribution >= 0.6 is 11.3 Å². The number of rotatable bonds is 4. The molecule has 0 aliphatic rings. The first-order chi connectivity index (χ1) is 9.09. The molecular formula is C13H16N4OS. The van der Waals surface area contributed by atoms with Gasteiger partial charge in [0, 0.05) is 32.4 Å². The Morgan fingerprint density at radius 2 is 2.21 bits per heavy atom. The van der Waals surface area contributed by atoms with Crippen LogP contribution in [0.4, 0.5) is 5.82 Å². The van der Waals surface area contributed by atoms with Crippen molar-refractivity contribution in [1.82, 2.24) is 15.3 Å². The summed E-state index contributed by atoms with van der Waals surface area (Å²) in [5.41, 5.74) is 3.43. The SMILES string of the molecule is Cc1ncsc1C(=O)NCc1cccnc1N(C)C. The summed E-state index contributed by atoms with van der Waals surface area (Å²) < 4.78 is 0. The number of carbonyl (C=O) groups is 1. The molecule has 0 spiro atoms. The molecule has 0 unspecified atom stereocenters. The predicted molar refractivity (Wildman–Crippen MR) is 76.6 cm³/mol. The second kappa shape index (κ2) is 5.79. The molecule has 6 heteroatoms. The minimum absolute atomic E-state index is 0.0893. The Kier molecular flexibility index (Phi) is 4.11. The highest BCUT2D eigenvalue weighted by Gasteiger charge is 2.12. The van der Waals surface area contributed by atoms with Crippen molar-refractivity contribution in [2.45, 2.75) is 13.5 Å². The topological polar surface area (TPSA) is 58.1 Å². The molecule has 2 aromatic rings. The molecular weight excluding hydrogens is 260 g/mol. The summed E-state index contributed by atoms with van der Waals surface area (Å²) in [5.74, 6) is 0.775. The van der Waals surface area contributed by atoms with E-state index in [0.717, 1.165) is 17.1 Å².